The predicted octanol–water partition coefficient (Wildman–Crippen LogP) is 4.26. The van der Waals surface area contributed by atoms with Crippen molar-refractivity contribution in [3.63, 3.8) is 0 Å². The summed E-state index contributed by atoms with van der Waals surface area (Å²) in [7, 11) is 1.61. The van der Waals surface area contributed by atoms with E-state index in [-0.39, 0.29) is 23.7 Å². The first kappa shape index (κ1) is 22.0. The van der Waals surface area contributed by atoms with Crippen LogP contribution in [0.5, 0.6) is 5.75 Å². The Bertz CT molecular complexity index is 693. The first-order valence-corrected chi connectivity index (χ1v) is 9.64. The van der Waals surface area contributed by atoms with Gasteiger partial charge >= 0.3 is 12.1 Å². The van der Waals surface area contributed by atoms with E-state index in [9.17, 15) is 14.7 Å². The molecular weight excluding hydrogens is 362 g/mol. The molecule has 1 fully saturated rings. The third-order valence-electron chi connectivity index (χ3n) is 4.43. The Labute approximate surface area is 166 Å². The summed E-state index contributed by atoms with van der Waals surface area (Å²) in [5.41, 5.74) is 0.334. The molecule has 0 radical (unpaired) electrons. The summed E-state index contributed by atoms with van der Waals surface area (Å²) >= 11 is 0. The maximum atomic E-state index is 12.7. The van der Waals surface area contributed by atoms with Crippen LogP contribution in [0.25, 0.3) is 0 Å². The van der Waals surface area contributed by atoms with Crippen LogP contribution >= 0.6 is 0 Å². The maximum absolute atomic E-state index is 12.7. The Morgan fingerprint density at radius 1 is 1.25 bits per heavy atom. The van der Waals surface area contributed by atoms with E-state index >= 15 is 0 Å². The molecule has 0 aliphatic heterocycles. The number of aromatic carboxylic acids is 1. The van der Waals surface area contributed by atoms with Crippen molar-refractivity contribution in [3.8, 4) is 5.75 Å². The van der Waals surface area contributed by atoms with Crippen molar-refractivity contribution in [2.75, 3.05) is 20.3 Å². The standard InChI is InChI=1S/C21H31NO6/c1-14(22(16-8-9-16)20(25)28-21(2,3)4)15-7-10-17(19(23)24)18(13-15)27-12-6-11-26-5/h7,10,13-14,16H,6,8-9,11-12H2,1-5H3,(H,23,24). The number of rotatable bonds is 9. The molecule has 0 bridgehead atoms. The molecule has 1 aromatic rings. The van der Waals surface area contributed by atoms with E-state index < -0.39 is 11.6 Å². The number of carboxylic acid groups (broad SMARTS) is 1. The Hall–Kier alpha value is -2.28. The molecule has 156 valence electrons. The van der Waals surface area contributed by atoms with Crippen LogP contribution < -0.4 is 4.74 Å². The van der Waals surface area contributed by atoms with Gasteiger partial charge < -0.3 is 19.3 Å². The van der Waals surface area contributed by atoms with Crippen LogP contribution in [0.1, 0.15) is 68.9 Å². The minimum atomic E-state index is -1.05. The Kier molecular flexibility index (Phi) is 7.29. The molecule has 0 spiro atoms. The lowest BCUT2D eigenvalue weighted by atomic mass is 10.0. The van der Waals surface area contributed by atoms with Crippen molar-refractivity contribution in [2.45, 2.75) is 64.6 Å². The summed E-state index contributed by atoms with van der Waals surface area (Å²) in [6.45, 7) is 8.33. The minimum absolute atomic E-state index is 0.101. The van der Waals surface area contributed by atoms with Gasteiger partial charge in [-0.25, -0.2) is 9.59 Å². The fourth-order valence-electron chi connectivity index (χ4n) is 2.93. The van der Waals surface area contributed by atoms with Gasteiger partial charge in [0.25, 0.3) is 0 Å². The zero-order valence-corrected chi connectivity index (χ0v) is 17.4. The third kappa shape index (κ3) is 6.12. The van der Waals surface area contributed by atoms with Crippen LogP contribution in [0.4, 0.5) is 4.79 Å². The zero-order valence-electron chi connectivity index (χ0n) is 17.4. The first-order chi connectivity index (χ1) is 13.1. The number of amides is 1. The highest BCUT2D eigenvalue weighted by molar-refractivity contribution is 5.91. The number of hydrogen-bond acceptors (Lipinski definition) is 5. The van der Waals surface area contributed by atoms with Gasteiger partial charge in [-0.1, -0.05) is 6.07 Å². The van der Waals surface area contributed by atoms with Gasteiger partial charge in [0.1, 0.15) is 16.9 Å². The number of benzene rings is 1. The van der Waals surface area contributed by atoms with Gasteiger partial charge in [-0.05, 0) is 58.2 Å². The van der Waals surface area contributed by atoms with Crippen LogP contribution in [0.15, 0.2) is 18.2 Å². The van der Waals surface area contributed by atoms with Crippen molar-refractivity contribution < 1.29 is 28.9 Å². The van der Waals surface area contributed by atoms with E-state index in [1.54, 1.807) is 24.1 Å². The molecule has 1 unspecified atom stereocenters. The molecular formula is C21H31NO6. The lowest BCUT2D eigenvalue weighted by Crippen LogP contribution is -2.39. The molecule has 7 nitrogen and oxygen atoms in total. The van der Waals surface area contributed by atoms with Gasteiger partial charge in [0.15, 0.2) is 0 Å². The van der Waals surface area contributed by atoms with Gasteiger partial charge in [0.05, 0.1) is 12.6 Å². The molecule has 1 aromatic carbocycles. The Morgan fingerprint density at radius 2 is 1.93 bits per heavy atom. The van der Waals surface area contributed by atoms with Gasteiger partial charge in [-0.15, -0.1) is 0 Å². The summed E-state index contributed by atoms with van der Waals surface area (Å²) in [5, 5.41) is 9.43. The molecule has 1 aliphatic carbocycles. The second-order valence-corrected chi connectivity index (χ2v) is 8.05. The number of carboxylic acids is 1. The first-order valence-electron chi connectivity index (χ1n) is 9.64. The molecule has 1 aliphatic rings. The van der Waals surface area contributed by atoms with Crippen LogP contribution in [0.3, 0.4) is 0 Å². The van der Waals surface area contributed by atoms with E-state index in [1.165, 1.54) is 6.07 Å². The fraction of sp³-hybridized carbons (Fsp3) is 0.619. The number of nitrogens with zero attached hydrogens (tertiary/aromatic N) is 1. The largest absolute Gasteiger partial charge is 0.493 e. The van der Waals surface area contributed by atoms with Gasteiger partial charge in [-0.2, -0.15) is 0 Å². The molecule has 0 heterocycles. The Morgan fingerprint density at radius 3 is 2.46 bits per heavy atom. The maximum Gasteiger partial charge on any atom is 0.411 e. The molecule has 1 amide bonds. The molecule has 28 heavy (non-hydrogen) atoms. The predicted molar refractivity (Wildman–Crippen MR) is 105 cm³/mol. The highest BCUT2D eigenvalue weighted by Crippen LogP contribution is 2.37. The summed E-state index contributed by atoms with van der Waals surface area (Å²) in [5.74, 6) is -0.750. The molecule has 0 aromatic heterocycles. The molecule has 1 N–H and O–H groups in total. The smallest absolute Gasteiger partial charge is 0.411 e. The van der Waals surface area contributed by atoms with Crippen LogP contribution in [0.2, 0.25) is 0 Å². The van der Waals surface area contributed by atoms with Crippen LogP contribution in [-0.4, -0.2) is 54.0 Å². The van der Waals surface area contributed by atoms with Crippen molar-refractivity contribution in [1.82, 2.24) is 4.90 Å². The second kappa shape index (κ2) is 9.28. The highest BCUT2D eigenvalue weighted by atomic mass is 16.6. The second-order valence-electron chi connectivity index (χ2n) is 8.05. The number of hydrogen-bond donors (Lipinski definition) is 1. The molecule has 7 heteroatoms. The monoisotopic (exact) mass is 393 g/mol. The summed E-state index contributed by atoms with van der Waals surface area (Å²) < 4.78 is 16.3. The number of ether oxygens (including phenoxy) is 3. The van der Waals surface area contributed by atoms with E-state index in [0.29, 0.717) is 25.4 Å². The van der Waals surface area contributed by atoms with E-state index in [4.69, 9.17) is 14.2 Å². The average Bonchev–Trinajstić information content (AvgIpc) is 3.41. The normalized spacial score (nSPS) is 15.0. The molecule has 2 rings (SSSR count). The van der Waals surface area contributed by atoms with Crippen LogP contribution in [0, 0.1) is 0 Å². The lowest BCUT2D eigenvalue weighted by molar-refractivity contribution is 0.0152. The van der Waals surface area contributed by atoms with Crippen molar-refractivity contribution in [1.29, 1.82) is 0 Å². The summed E-state index contributed by atoms with van der Waals surface area (Å²) in [6.07, 6.45) is 2.18. The molecule has 1 saturated carbocycles. The lowest BCUT2D eigenvalue weighted by Gasteiger charge is -2.32. The number of carbonyl (C=O) groups is 2. The van der Waals surface area contributed by atoms with Crippen molar-refractivity contribution >= 4 is 12.1 Å². The van der Waals surface area contributed by atoms with Crippen molar-refractivity contribution in [2.24, 2.45) is 0 Å². The third-order valence-corrected chi connectivity index (χ3v) is 4.43. The van der Waals surface area contributed by atoms with Crippen molar-refractivity contribution in [3.05, 3.63) is 29.3 Å². The highest BCUT2D eigenvalue weighted by Gasteiger charge is 2.38. The number of carbonyl (C=O) groups excluding carboxylic acids is 1. The van der Waals surface area contributed by atoms with Gasteiger partial charge in [0.2, 0.25) is 0 Å². The van der Waals surface area contributed by atoms with Crippen LogP contribution in [-0.2, 0) is 9.47 Å². The SMILES string of the molecule is COCCCOc1cc(C(C)N(C(=O)OC(C)(C)C)C2CC2)ccc1C(=O)O. The number of methoxy groups -OCH3 is 1. The average molecular weight is 393 g/mol. The quantitative estimate of drug-likeness (QED) is 0.631. The van der Waals surface area contributed by atoms with E-state index in [2.05, 4.69) is 0 Å². The fourth-order valence-corrected chi connectivity index (χ4v) is 2.93. The van der Waals surface area contributed by atoms with Gasteiger partial charge in [0, 0.05) is 26.2 Å². The van der Waals surface area contributed by atoms with Gasteiger partial charge in [-0.3, -0.25) is 4.90 Å². The molecule has 1 atom stereocenters. The summed E-state index contributed by atoms with van der Waals surface area (Å²) in [6, 6.07) is 4.86. The molecule has 0 saturated heterocycles. The van der Waals surface area contributed by atoms with E-state index in [0.717, 1.165) is 18.4 Å². The topological polar surface area (TPSA) is 85.3 Å². The van der Waals surface area contributed by atoms with E-state index in [1.807, 2.05) is 27.7 Å². The zero-order chi connectivity index (χ0) is 20.9. The minimum Gasteiger partial charge on any atom is -0.493 e. The Balaban J connectivity index is 2.23. The summed E-state index contributed by atoms with van der Waals surface area (Å²) in [4.78, 5) is 26.0.